The summed E-state index contributed by atoms with van der Waals surface area (Å²) in [7, 11) is 1.65. The molecule has 0 fully saturated rings. The van der Waals surface area contributed by atoms with Gasteiger partial charge in [0.2, 0.25) is 0 Å². The molecule has 0 spiro atoms. The van der Waals surface area contributed by atoms with Crippen molar-refractivity contribution in [2.45, 2.75) is 24.5 Å². The number of hydrogen-bond donors (Lipinski definition) is 1. The Kier molecular flexibility index (Phi) is 4.22. The topological polar surface area (TPSA) is 55.0 Å². The first kappa shape index (κ1) is 15.1. The fourth-order valence-corrected chi connectivity index (χ4v) is 4.01. The van der Waals surface area contributed by atoms with Gasteiger partial charge in [-0.25, -0.2) is 4.98 Å². The molecule has 4 nitrogen and oxygen atoms in total. The Morgan fingerprint density at radius 3 is 2.68 bits per heavy atom. The van der Waals surface area contributed by atoms with Gasteiger partial charge >= 0.3 is 0 Å². The van der Waals surface area contributed by atoms with Crippen molar-refractivity contribution in [2.75, 3.05) is 7.11 Å². The first-order valence-electron chi connectivity index (χ1n) is 6.84. The van der Waals surface area contributed by atoms with Crippen molar-refractivity contribution < 1.29 is 4.74 Å². The van der Waals surface area contributed by atoms with E-state index in [-0.39, 0.29) is 5.56 Å². The molecule has 6 heteroatoms. The molecule has 2 aromatic heterocycles. The Bertz CT molecular complexity index is 866. The van der Waals surface area contributed by atoms with Crippen LogP contribution in [0.25, 0.3) is 10.2 Å². The molecule has 0 aliphatic rings. The van der Waals surface area contributed by atoms with E-state index in [2.05, 4.69) is 9.97 Å². The van der Waals surface area contributed by atoms with Gasteiger partial charge in [0.25, 0.3) is 5.56 Å². The van der Waals surface area contributed by atoms with Crippen LogP contribution in [-0.4, -0.2) is 17.1 Å². The maximum Gasteiger partial charge on any atom is 0.259 e. The van der Waals surface area contributed by atoms with Gasteiger partial charge in [-0.1, -0.05) is 0 Å². The van der Waals surface area contributed by atoms with Gasteiger partial charge in [-0.15, -0.1) is 23.1 Å². The number of rotatable bonds is 4. The van der Waals surface area contributed by atoms with Crippen molar-refractivity contribution in [1.82, 2.24) is 9.97 Å². The second-order valence-electron chi connectivity index (χ2n) is 4.94. The SMILES string of the molecule is COc1ccc(SCc2nc3sc(C)c(C)c3c(=O)[nH]2)cc1. The first-order chi connectivity index (χ1) is 10.6. The number of nitrogens with zero attached hydrogens (tertiary/aromatic N) is 1. The fourth-order valence-electron chi connectivity index (χ4n) is 2.19. The van der Waals surface area contributed by atoms with Crippen LogP contribution in [-0.2, 0) is 5.75 Å². The monoisotopic (exact) mass is 332 g/mol. The molecule has 3 rings (SSSR count). The van der Waals surface area contributed by atoms with Gasteiger partial charge in [0, 0.05) is 9.77 Å². The van der Waals surface area contributed by atoms with Gasteiger partial charge in [-0.2, -0.15) is 0 Å². The van der Waals surface area contributed by atoms with Crippen molar-refractivity contribution in [3.63, 3.8) is 0 Å². The zero-order valence-electron chi connectivity index (χ0n) is 12.6. The predicted molar refractivity (Wildman–Crippen MR) is 92.3 cm³/mol. The number of benzene rings is 1. The highest BCUT2D eigenvalue weighted by Crippen LogP contribution is 2.27. The molecular formula is C16H16N2O2S2. The molecule has 1 N–H and O–H groups in total. The lowest BCUT2D eigenvalue weighted by Crippen LogP contribution is -2.10. The van der Waals surface area contributed by atoms with Crippen molar-refractivity contribution in [3.8, 4) is 5.75 Å². The molecule has 0 aliphatic heterocycles. The lowest BCUT2D eigenvalue weighted by Gasteiger charge is -2.03. The summed E-state index contributed by atoms with van der Waals surface area (Å²) in [5.41, 5.74) is 0.986. The van der Waals surface area contributed by atoms with E-state index < -0.39 is 0 Å². The molecule has 0 atom stereocenters. The van der Waals surface area contributed by atoms with E-state index in [0.717, 1.165) is 31.3 Å². The van der Waals surface area contributed by atoms with Gasteiger partial charge < -0.3 is 9.72 Å². The number of aryl methyl sites for hydroxylation is 2. The Balaban J connectivity index is 1.83. The van der Waals surface area contributed by atoms with Crippen molar-refractivity contribution >= 4 is 33.3 Å². The van der Waals surface area contributed by atoms with Crippen LogP contribution in [0.1, 0.15) is 16.3 Å². The number of hydrogen-bond acceptors (Lipinski definition) is 5. The van der Waals surface area contributed by atoms with E-state index in [4.69, 9.17) is 4.74 Å². The van der Waals surface area contributed by atoms with Crippen LogP contribution in [0.2, 0.25) is 0 Å². The number of H-pyrrole nitrogens is 1. The second kappa shape index (κ2) is 6.14. The smallest absolute Gasteiger partial charge is 0.259 e. The highest BCUT2D eigenvalue weighted by atomic mass is 32.2. The van der Waals surface area contributed by atoms with Gasteiger partial charge in [0.1, 0.15) is 16.4 Å². The van der Waals surface area contributed by atoms with Crippen molar-refractivity contribution in [3.05, 3.63) is 50.9 Å². The zero-order valence-corrected chi connectivity index (χ0v) is 14.2. The molecule has 0 radical (unpaired) electrons. The number of thiophene rings is 1. The number of thioether (sulfide) groups is 1. The van der Waals surface area contributed by atoms with Crippen molar-refractivity contribution in [1.29, 1.82) is 0 Å². The molecule has 2 heterocycles. The third-order valence-corrected chi connectivity index (χ3v) is 5.65. The summed E-state index contributed by atoms with van der Waals surface area (Å²) in [6.45, 7) is 3.99. The van der Waals surface area contributed by atoms with E-state index in [1.54, 1.807) is 30.2 Å². The molecule has 22 heavy (non-hydrogen) atoms. The van der Waals surface area contributed by atoms with Crippen LogP contribution >= 0.6 is 23.1 Å². The molecule has 1 aromatic carbocycles. The maximum atomic E-state index is 12.2. The molecule has 114 valence electrons. The molecule has 3 aromatic rings. The summed E-state index contributed by atoms with van der Waals surface area (Å²) in [5.74, 6) is 2.18. The summed E-state index contributed by atoms with van der Waals surface area (Å²) in [6, 6.07) is 7.85. The second-order valence-corrected chi connectivity index (χ2v) is 7.19. The van der Waals surface area contributed by atoms with Crippen LogP contribution in [0, 0.1) is 13.8 Å². The maximum absolute atomic E-state index is 12.2. The quantitative estimate of drug-likeness (QED) is 0.736. The molecule has 0 saturated heterocycles. The van der Waals surface area contributed by atoms with Crippen LogP contribution < -0.4 is 10.3 Å². The molecule has 0 amide bonds. The van der Waals surface area contributed by atoms with Gasteiger partial charge in [-0.05, 0) is 43.7 Å². The Labute approximate surface area is 136 Å². The average Bonchev–Trinajstić information content (AvgIpc) is 2.81. The van der Waals surface area contributed by atoms with Crippen LogP contribution in [0.15, 0.2) is 34.0 Å². The highest BCUT2D eigenvalue weighted by Gasteiger charge is 2.11. The summed E-state index contributed by atoms with van der Waals surface area (Å²) in [5, 5.41) is 0.723. The third-order valence-electron chi connectivity index (χ3n) is 3.52. The Hall–Kier alpha value is -1.79. The van der Waals surface area contributed by atoms with E-state index in [0.29, 0.717) is 11.6 Å². The van der Waals surface area contributed by atoms with E-state index in [1.807, 2.05) is 38.1 Å². The number of nitrogens with one attached hydrogen (secondary N) is 1. The van der Waals surface area contributed by atoms with Crippen molar-refractivity contribution in [2.24, 2.45) is 0 Å². The summed E-state index contributed by atoms with van der Waals surface area (Å²) >= 11 is 3.21. The fraction of sp³-hybridized carbons (Fsp3) is 0.250. The number of aromatic amines is 1. The minimum Gasteiger partial charge on any atom is -0.497 e. The number of ether oxygens (including phenoxy) is 1. The van der Waals surface area contributed by atoms with Crippen LogP contribution in [0.3, 0.4) is 0 Å². The minimum atomic E-state index is -0.0443. The average molecular weight is 332 g/mol. The number of aromatic nitrogens is 2. The zero-order chi connectivity index (χ0) is 15.7. The van der Waals surface area contributed by atoms with E-state index in [1.165, 1.54) is 0 Å². The highest BCUT2D eigenvalue weighted by molar-refractivity contribution is 7.98. The summed E-state index contributed by atoms with van der Waals surface area (Å²) in [6.07, 6.45) is 0. The predicted octanol–water partition coefficient (Wildman–Crippen LogP) is 3.90. The minimum absolute atomic E-state index is 0.0443. The summed E-state index contributed by atoms with van der Waals surface area (Å²) in [4.78, 5) is 22.8. The normalized spacial score (nSPS) is 11.0. The van der Waals surface area contributed by atoms with Crippen LogP contribution in [0.5, 0.6) is 5.75 Å². The van der Waals surface area contributed by atoms with Gasteiger partial charge in [0.05, 0.1) is 18.2 Å². The lowest BCUT2D eigenvalue weighted by atomic mass is 10.2. The summed E-state index contributed by atoms with van der Waals surface area (Å²) < 4.78 is 5.14. The number of fused-ring (bicyclic) bond motifs is 1. The number of methoxy groups -OCH3 is 1. The Morgan fingerprint density at radius 1 is 1.27 bits per heavy atom. The molecule has 0 bridgehead atoms. The molecule has 0 saturated carbocycles. The molecule has 0 unspecified atom stereocenters. The van der Waals surface area contributed by atoms with Gasteiger partial charge in [-0.3, -0.25) is 4.79 Å². The van der Waals surface area contributed by atoms with Gasteiger partial charge in [0.15, 0.2) is 0 Å². The first-order valence-corrected chi connectivity index (χ1v) is 8.64. The molecular weight excluding hydrogens is 316 g/mol. The Morgan fingerprint density at radius 2 is 2.00 bits per heavy atom. The van der Waals surface area contributed by atoms with Crippen LogP contribution in [0.4, 0.5) is 0 Å². The molecule has 0 aliphatic carbocycles. The standard InChI is InChI=1S/C16H16N2O2S2/c1-9-10(2)22-16-14(9)15(19)17-13(18-16)8-21-12-6-4-11(20-3)5-7-12/h4-7H,8H2,1-3H3,(H,17,18,19). The third kappa shape index (κ3) is 2.89. The lowest BCUT2D eigenvalue weighted by molar-refractivity contribution is 0.414. The van der Waals surface area contributed by atoms with E-state index >= 15 is 0 Å². The van der Waals surface area contributed by atoms with E-state index in [9.17, 15) is 4.79 Å². The largest absolute Gasteiger partial charge is 0.497 e.